The summed E-state index contributed by atoms with van der Waals surface area (Å²) in [5.74, 6) is 3.92. The second-order valence-corrected chi connectivity index (χ2v) is 10.0. The Labute approximate surface area is 235 Å². The van der Waals surface area contributed by atoms with E-state index >= 15 is 0 Å². The SMILES string of the molecule is CCCCCCOc1cc([C@H]2CC[C@H](c3cc(OC)c(OC)c(OCCCCCC)c3)O2)cc(OC)c1OC. The van der Waals surface area contributed by atoms with Crippen LogP contribution in [-0.4, -0.2) is 41.7 Å². The van der Waals surface area contributed by atoms with E-state index in [0.717, 1.165) is 49.7 Å². The summed E-state index contributed by atoms with van der Waals surface area (Å²) in [5.41, 5.74) is 2.04. The lowest BCUT2D eigenvalue weighted by molar-refractivity contribution is 0.0434. The Kier molecular flexibility index (Phi) is 12.9. The molecule has 0 spiro atoms. The fourth-order valence-electron chi connectivity index (χ4n) is 5.04. The quantitative estimate of drug-likeness (QED) is 0.175. The van der Waals surface area contributed by atoms with E-state index in [1.54, 1.807) is 28.4 Å². The molecule has 0 aliphatic carbocycles. The molecule has 1 fully saturated rings. The molecule has 2 aromatic carbocycles. The standard InChI is InChI=1S/C32H48O7/c1-7-9-11-13-17-37-29-21-23(19-27(33-3)31(29)35-5)25-15-16-26(39-25)24-20-28(34-4)32(36-6)30(22-24)38-18-14-12-10-8-2/h19-22,25-26H,7-18H2,1-6H3/t25-,26-/m1/s1. The first kappa shape index (κ1) is 30.7. The highest BCUT2D eigenvalue weighted by atomic mass is 16.5. The molecule has 0 bridgehead atoms. The van der Waals surface area contributed by atoms with E-state index in [1.165, 1.54) is 25.7 Å². The van der Waals surface area contributed by atoms with Crippen LogP contribution in [-0.2, 0) is 4.74 Å². The number of ether oxygens (including phenoxy) is 7. The highest BCUT2D eigenvalue weighted by molar-refractivity contribution is 5.55. The highest BCUT2D eigenvalue weighted by Gasteiger charge is 2.31. The second-order valence-electron chi connectivity index (χ2n) is 10.0. The average molecular weight is 545 g/mol. The molecule has 2 aromatic rings. The molecule has 0 radical (unpaired) electrons. The minimum absolute atomic E-state index is 0.0937. The third-order valence-electron chi connectivity index (χ3n) is 7.21. The van der Waals surface area contributed by atoms with Gasteiger partial charge in [0.1, 0.15) is 0 Å². The molecule has 39 heavy (non-hydrogen) atoms. The molecule has 0 saturated carbocycles. The molecule has 3 rings (SSSR count). The van der Waals surface area contributed by atoms with Crippen molar-refractivity contribution < 1.29 is 33.2 Å². The monoisotopic (exact) mass is 544 g/mol. The summed E-state index contributed by atoms with van der Waals surface area (Å²) in [4.78, 5) is 0. The van der Waals surface area contributed by atoms with Gasteiger partial charge in [-0.1, -0.05) is 52.4 Å². The third-order valence-corrected chi connectivity index (χ3v) is 7.21. The summed E-state index contributed by atoms with van der Waals surface area (Å²) >= 11 is 0. The van der Waals surface area contributed by atoms with Gasteiger partial charge in [0.15, 0.2) is 23.0 Å². The van der Waals surface area contributed by atoms with E-state index in [4.69, 9.17) is 33.2 Å². The summed E-state index contributed by atoms with van der Waals surface area (Å²) < 4.78 is 41.5. The summed E-state index contributed by atoms with van der Waals surface area (Å²) in [6, 6.07) is 8.06. The maximum atomic E-state index is 6.60. The maximum absolute atomic E-state index is 6.60. The number of hydrogen-bond acceptors (Lipinski definition) is 7. The lowest BCUT2D eigenvalue weighted by atomic mass is 10.0. The molecular formula is C32H48O7. The van der Waals surface area contributed by atoms with Gasteiger partial charge < -0.3 is 33.2 Å². The van der Waals surface area contributed by atoms with Gasteiger partial charge in [0.2, 0.25) is 11.5 Å². The van der Waals surface area contributed by atoms with E-state index in [1.807, 2.05) is 24.3 Å². The molecule has 0 unspecified atom stereocenters. The third kappa shape index (κ3) is 8.34. The zero-order valence-corrected chi connectivity index (χ0v) is 24.8. The Morgan fingerprint density at radius 1 is 0.564 bits per heavy atom. The van der Waals surface area contributed by atoms with Gasteiger partial charge in [0, 0.05) is 0 Å². The highest BCUT2D eigenvalue weighted by Crippen LogP contribution is 2.48. The van der Waals surface area contributed by atoms with Crippen LogP contribution in [0.4, 0.5) is 0 Å². The largest absolute Gasteiger partial charge is 0.493 e. The van der Waals surface area contributed by atoms with Crippen molar-refractivity contribution in [1.29, 1.82) is 0 Å². The van der Waals surface area contributed by atoms with Gasteiger partial charge in [0.25, 0.3) is 0 Å². The number of methoxy groups -OCH3 is 4. The first-order chi connectivity index (χ1) is 19.1. The van der Waals surface area contributed by atoms with Crippen LogP contribution in [0.25, 0.3) is 0 Å². The number of benzene rings is 2. The summed E-state index contributed by atoms with van der Waals surface area (Å²) in [5, 5.41) is 0. The minimum atomic E-state index is -0.0937. The molecule has 1 aliphatic heterocycles. The fourth-order valence-corrected chi connectivity index (χ4v) is 5.04. The van der Waals surface area contributed by atoms with Crippen molar-refractivity contribution in [2.45, 2.75) is 90.3 Å². The lowest BCUT2D eigenvalue weighted by Crippen LogP contribution is -2.06. The second kappa shape index (κ2) is 16.3. The van der Waals surface area contributed by atoms with Gasteiger partial charge in [-0.3, -0.25) is 0 Å². The topological polar surface area (TPSA) is 64.6 Å². The number of hydrogen-bond donors (Lipinski definition) is 0. The van der Waals surface area contributed by atoms with Crippen LogP contribution in [0.3, 0.4) is 0 Å². The first-order valence-electron chi connectivity index (χ1n) is 14.5. The molecule has 7 nitrogen and oxygen atoms in total. The van der Waals surface area contributed by atoms with Crippen LogP contribution in [0.5, 0.6) is 34.5 Å². The maximum Gasteiger partial charge on any atom is 0.203 e. The Morgan fingerprint density at radius 3 is 1.33 bits per heavy atom. The normalized spacial score (nSPS) is 16.7. The summed E-state index contributed by atoms with van der Waals surface area (Å²) in [7, 11) is 6.59. The van der Waals surface area contributed by atoms with Crippen molar-refractivity contribution in [3.05, 3.63) is 35.4 Å². The van der Waals surface area contributed by atoms with Crippen molar-refractivity contribution in [2.75, 3.05) is 41.7 Å². The predicted molar refractivity (Wildman–Crippen MR) is 154 cm³/mol. The molecule has 0 aromatic heterocycles. The Bertz CT molecular complexity index is 927. The van der Waals surface area contributed by atoms with Crippen molar-refractivity contribution in [3.63, 3.8) is 0 Å². The van der Waals surface area contributed by atoms with E-state index in [-0.39, 0.29) is 12.2 Å². The van der Waals surface area contributed by atoms with Crippen LogP contribution in [0.15, 0.2) is 24.3 Å². The zero-order chi connectivity index (χ0) is 28.0. The van der Waals surface area contributed by atoms with Gasteiger partial charge in [-0.2, -0.15) is 0 Å². The van der Waals surface area contributed by atoms with E-state index in [0.29, 0.717) is 47.7 Å². The van der Waals surface area contributed by atoms with Crippen molar-refractivity contribution in [2.24, 2.45) is 0 Å². The van der Waals surface area contributed by atoms with E-state index < -0.39 is 0 Å². The van der Waals surface area contributed by atoms with Crippen LogP contribution in [0, 0.1) is 0 Å². The molecule has 1 aliphatic rings. The molecule has 0 amide bonds. The van der Waals surface area contributed by atoms with Crippen LogP contribution >= 0.6 is 0 Å². The van der Waals surface area contributed by atoms with Crippen molar-refractivity contribution >= 4 is 0 Å². The molecular weight excluding hydrogens is 496 g/mol. The van der Waals surface area contributed by atoms with Crippen molar-refractivity contribution in [3.8, 4) is 34.5 Å². The van der Waals surface area contributed by atoms with Crippen LogP contribution in [0.2, 0.25) is 0 Å². The molecule has 218 valence electrons. The van der Waals surface area contributed by atoms with Gasteiger partial charge in [-0.15, -0.1) is 0 Å². The molecule has 2 atom stereocenters. The zero-order valence-electron chi connectivity index (χ0n) is 24.8. The predicted octanol–water partition coefficient (Wildman–Crippen LogP) is 8.23. The first-order valence-corrected chi connectivity index (χ1v) is 14.5. The summed E-state index contributed by atoms with van der Waals surface area (Å²) in [6.07, 6.45) is 10.7. The van der Waals surface area contributed by atoms with Gasteiger partial charge in [-0.25, -0.2) is 0 Å². The van der Waals surface area contributed by atoms with E-state index in [9.17, 15) is 0 Å². The van der Waals surface area contributed by atoms with Gasteiger partial charge >= 0.3 is 0 Å². The summed E-state index contributed by atoms with van der Waals surface area (Å²) in [6.45, 7) is 5.70. The Morgan fingerprint density at radius 2 is 0.974 bits per heavy atom. The molecule has 1 heterocycles. The van der Waals surface area contributed by atoms with Gasteiger partial charge in [0.05, 0.1) is 53.9 Å². The van der Waals surface area contributed by atoms with Crippen LogP contribution in [0.1, 0.15) is 101 Å². The minimum Gasteiger partial charge on any atom is -0.493 e. The number of rotatable bonds is 18. The number of unbranched alkanes of at least 4 members (excludes halogenated alkanes) is 6. The van der Waals surface area contributed by atoms with E-state index in [2.05, 4.69) is 13.8 Å². The Balaban J connectivity index is 1.78. The smallest absolute Gasteiger partial charge is 0.203 e. The molecule has 0 N–H and O–H groups in total. The fraction of sp³-hybridized carbons (Fsp3) is 0.625. The van der Waals surface area contributed by atoms with Crippen molar-refractivity contribution in [1.82, 2.24) is 0 Å². The van der Waals surface area contributed by atoms with Gasteiger partial charge in [-0.05, 0) is 61.1 Å². The Hall–Kier alpha value is -2.80. The average Bonchev–Trinajstić information content (AvgIpc) is 3.46. The molecule has 7 heteroatoms. The van der Waals surface area contributed by atoms with Crippen LogP contribution < -0.4 is 28.4 Å². The lowest BCUT2D eigenvalue weighted by Gasteiger charge is -2.20. The molecule has 1 saturated heterocycles.